The van der Waals surface area contributed by atoms with Gasteiger partial charge in [0.25, 0.3) is 5.88 Å². The number of hydrogen-bond donors (Lipinski definition) is 1. The lowest BCUT2D eigenvalue weighted by Gasteiger charge is -1.99. The van der Waals surface area contributed by atoms with Gasteiger partial charge in [0.05, 0.1) is 12.8 Å². The summed E-state index contributed by atoms with van der Waals surface area (Å²) in [5.41, 5.74) is 0.173. The highest BCUT2D eigenvalue weighted by atomic mass is 35.5. The number of nitrogens with zero attached hydrogens (tertiary/aromatic N) is 1. The predicted octanol–water partition coefficient (Wildman–Crippen LogP) is 0.740. The van der Waals surface area contributed by atoms with Crippen LogP contribution in [0, 0.1) is 6.92 Å². The molecule has 1 aromatic rings. The van der Waals surface area contributed by atoms with Gasteiger partial charge in [-0.1, -0.05) is 11.6 Å². The van der Waals surface area contributed by atoms with Gasteiger partial charge in [-0.3, -0.25) is 4.79 Å². The van der Waals surface area contributed by atoms with Crippen molar-refractivity contribution in [2.75, 3.05) is 7.11 Å². The van der Waals surface area contributed by atoms with Gasteiger partial charge in [-0.05, 0) is 6.92 Å². The van der Waals surface area contributed by atoms with Crippen molar-refractivity contribution in [1.82, 2.24) is 9.97 Å². The van der Waals surface area contributed by atoms with Crippen LogP contribution in [0.15, 0.2) is 4.79 Å². The Bertz CT molecular complexity index is 321. The normalized spacial score (nSPS) is 9.73. The standard InChI is InChI=1S/C6H7ClN2O2/c1-3-4(7)9-6(11-2)5(10)8-3/h1-2H3,(H,8,10). The number of methoxy groups -OCH3 is 1. The maximum Gasteiger partial charge on any atom is 0.310 e. The number of hydrogen-bond acceptors (Lipinski definition) is 3. The van der Waals surface area contributed by atoms with Crippen LogP contribution in [0.3, 0.4) is 0 Å². The molecular formula is C6H7ClN2O2. The number of aryl methyl sites for hydroxylation is 1. The molecule has 0 atom stereocenters. The molecule has 0 aliphatic heterocycles. The molecule has 1 aromatic heterocycles. The van der Waals surface area contributed by atoms with Gasteiger partial charge in [0.1, 0.15) is 0 Å². The molecule has 0 unspecified atom stereocenters. The third-order valence-electron chi connectivity index (χ3n) is 1.20. The van der Waals surface area contributed by atoms with Gasteiger partial charge in [0.2, 0.25) is 0 Å². The molecule has 0 aromatic carbocycles. The van der Waals surface area contributed by atoms with Crippen molar-refractivity contribution in [1.29, 1.82) is 0 Å². The van der Waals surface area contributed by atoms with Crippen molar-refractivity contribution in [3.05, 3.63) is 21.2 Å². The van der Waals surface area contributed by atoms with Gasteiger partial charge < -0.3 is 9.72 Å². The number of H-pyrrole nitrogens is 1. The molecule has 0 saturated carbocycles. The Morgan fingerprint density at radius 2 is 2.27 bits per heavy atom. The third kappa shape index (κ3) is 1.51. The molecule has 0 bridgehead atoms. The SMILES string of the molecule is COc1nc(Cl)c(C)[nH]c1=O. The van der Waals surface area contributed by atoms with Crippen LogP contribution in [0.2, 0.25) is 5.15 Å². The maximum atomic E-state index is 10.9. The molecule has 0 aliphatic rings. The monoisotopic (exact) mass is 174 g/mol. The second-order valence-electron chi connectivity index (χ2n) is 1.99. The fourth-order valence-corrected chi connectivity index (χ4v) is 0.761. The van der Waals surface area contributed by atoms with E-state index in [0.717, 1.165) is 0 Å². The molecule has 1 heterocycles. The summed E-state index contributed by atoms with van der Waals surface area (Å²) in [5.74, 6) is -0.0133. The van der Waals surface area contributed by atoms with Crippen LogP contribution < -0.4 is 10.3 Å². The van der Waals surface area contributed by atoms with E-state index >= 15 is 0 Å². The lowest BCUT2D eigenvalue weighted by molar-refractivity contribution is 0.390. The summed E-state index contributed by atoms with van der Waals surface area (Å²) in [4.78, 5) is 17.1. The van der Waals surface area contributed by atoms with Crippen molar-refractivity contribution in [3.63, 3.8) is 0 Å². The van der Waals surface area contributed by atoms with Crippen molar-refractivity contribution in [2.45, 2.75) is 6.92 Å². The second-order valence-corrected chi connectivity index (χ2v) is 2.35. The molecule has 0 amide bonds. The smallest absolute Gasteiger partial charge is 0.310 e. The van der Waals surface area contributed by atoms with E-state index in [1.807, 2.05) is 0 Å². The molecule has 0 aliphatic carbocycles. The highest BCUT2D eigenvalue weighted by molar-refractivity contribution is 6.30. The topological polar surface area (TPSA) is 55.0 Å². The zero-order valence-electron chi connectivity index (χ0n) is 6.14. The van der Waals surface area contributed by atoms with E-state index in [4.69, 9.17) is 11.6 Å². The Morgan fingerprint density at radius 1 is 1.64 bits per heavy atom. The van der Waals surface area contributed by atoms with Gasteiger partial charge in [-0.2, -0.15) is 4.98 Å². The van der Waals surface area contributed by atoms with E-state index in [1.54, 1.807) is 6.92 Å². The Hall–Kier alpha value is -1.03. The number of ether oxygens (including phenoxy) is 1. The summed E-state index contributed by atoms with van der Waals surface area (Å²) in [6, 6.07) is 0. The first kappa shape index (κ1) is 8.07. The summed E-state index contributed by atoms with van der Waals surface area (Å²) < 4.78 is 4.64. The Balaban J connectivity index is 3.32. The minimum absolute atomic E-state index is 0.0133. The van der Waals surface area contributed by atoms with E-state index in [9.17, 15) is 4.79 Å². The average molecular weight is 175 g/mol. The fraction of sp³-hybridized carbons (Fsp3) is 0.333. The third-order valence-corrected chi connectivity index (χ3v) is 1.57. The van der Waals surface area contributed by atoms with Crippen LogP contribution in [0.4, 0.5) is 0 Å². The number of aromatic nitrogens is 2. The molecule has 1 rings (SSSR count). The first-order chi connectivity index (χ1) is 5.15. The molecule has 0 radical (unpaired) electrons. The molecule has 0 fully saturated rings. The fourth-order valence-electron chi connectivity index (χ4n) is 0.637. The van der Waals surface area contributed by atoms with E-state index < -0.39 is 0 Å². The van der Waals surface area contributed by atoms with Gasteiger partial charge in [0.15, 0.2) is 5.15 Å². The van der Waals surface area contributed by atoms with E-state index in [0.29, 0.717) is 5.69 Å². The predicted molar refractivity (Wildman–Crippen MR) is 41.2 cm³/mol. The molecule has 0 spiro atoms. The van der Waals surface area contributed by atoms with Crippen molar-refractivity contribution in [3.8, 4) is 5.88 Å². The maximum absolute atomic E-state index is 10.9. The van der Waals surface area contributed by atoms with E-state index in [1.165, 1.54) is 7.11 Å². The first-order valence-electron chi connectivity index (χ1n) is 2.95. The van der Waals surface area contributed by atoms with Crippen LogP contribution in [0.1, 0.15) is 5.69 Å². The van der Waals surface area contributed by atoms with Crippen molar-refractivity contribution >= 4 is 11.6 Å². The molecule has 60 valence electrons. The van der Waals surface area contributed by atoms with Crippen LogP contribution in [-0.4, -0.2) is 17.1 Å². The highest BCUT2D eigenvalue weighted by Crippen LogP contribution is 2.09. The van der Waals surface area contributed by atoms with E-state index in [-0.39, 0.29) is 16.6 Å². The van der Waals surface area contributed by atoms with Crippen molar-refractivity contribution in [2.24, 2.45) is 0 Å². The lowest BCUT2D eigenvalue weighted by atomic mass is 10.5. The Morgan fingerprint density at radius 3 is 2.82 bits per heavy atom. The number of rotatable bonds is 1. The lowest BCUT2D eigenvalue weighted by Crippen LogP contribution is -2.12. The zero-order chi connectivity index (χ0) is 8.43. The summed E-state index contributed by atoms with van der Waals surface area (Å²) in [6.07, 6.45) is 0. The van der Waals surface area contributed by atoms with Crippen LogP contribution in [-0.2, 0) is 0 Å². The first-order valence-corrected chi connectivity index (χ1v) is 3.33. The molecule has 5 heteroatoms. The summed E-state index contributed by atoms with van der Waals surface area (Å²) in [6.45, 7) is 1.66. The van der Waals surface area contributed by atoms with Gasteiger partial charge >= 0.3 is 5.56 Å². The summed E-state index contributed by atoms with van der Waals surface area (Å²) in [5, 5.41) is 0.251. The van der Waals surface area contributed by atoms with Crippen LogP contribution in [0.5, 0.6) is 5.88 Å². The molecule has 0 saturated heterocycles. The number of aromatic amines is 1. The van der Waals surface area contributed by atoms with Crippen LogP contribution in [0.25, 0.3) is 0 Å². The number of halogens is 1. The quantitative estimate of drug-likeness (QED) is 0.683. The average Bonchev–Trinajstić information content (AvgIpc) is 1.97. The van der Waals surface area contributed by atoms with Gasteiger partial charge in [-0.25, -0.2) is 0 Å². The largest absolute Gasteiger partial charge is 0.477 e. The van der Waals surface area contributed by atoms with E-state index in [2.05, 4.69) is 14.7 Å². The second kappa shape index (κ2) is 2.92. The summed E-state index contributed by atoms with van der Waals surface area (Å²) >= 11 is 5.60. The number of nitrogens with one attached hydrogen (secondary N) is 1. The zero-order valence-corrected chi connectivity index (χ0v) is 6.90. The minimum Gasteiger partial charge on any atom is -0.477 e. The minimum atomic E-state index is -0.366. The molecule has 4 nitrogen and oxygen atoms in total. The molecule has 1 N–H and O–H groups in total. The molecule has 11 heavy (non-hydrogen) atoms. The van der Waals surface area contributed by atoms with Crippen molar-refractivity contribution < 1.29 is 4.74 Å². The summed E-state index contributed by atoms with van der Waals surface area (Å²) in [7, 11) is 1.36. The Kier molecular flexibility index (Phi) is 2.14. The van der Waals surface area contributed by atoms with Gasteiger partial charge in [-0.15, -0.1) is 0 Å². The van der Waals surface area contributed by atoms with Crippen LogP contribution >= 0.6 is 11.6 Å². The molecular weight excluding hydrogens is 168 g/mol. The van der Waals surface area contributed by atoms with Gasteiger partial charge in [0, 0.05) is 0 Å². The highest BCUT2D eigenvalue weighted by Gasteiger charge is 2.04. The Labute approximate surface area is 68.2 Å².